The lowest BCUT2D eigenvalue weighted by Crippen LogP contribution is -2.60. The second-order valence-corrected chi connectivity index (χ2v) is 21.5. The molecule has 0 aromatic heterocycles. The Morgan fingerprint density at radius 2 is 0.843 bits per heavy atom. The minimum absolute atomic E-state index is 0.133. The first-order chi connectivity index (χ1) is 34.3. The topological polar surface area (TPSA) is 149 Å². The number of unbranched alkanes of at least 4 members (excludes halogenated alkanes) is 39. The molecule has 1 heterocycles. The van der Waals surface area contributed by atoms with E-state index in [2.05, 4.69) is 43.5 Å². The van der Waals surface area contributed by atoms with E-state index in [1.54, 1.807) is 0 Å². The zero-order chi connectivity index (χ0) is 50.8. The fraction of sp³-hybridized carbons (Fsp3) is 0.918. The molecule has 6 N–H and O–H groups in total. The van der Waals surface area contributed by atoms with E-state index in [1.807, 2.05) is 0 Å². The Bertz CT molecular complexity index is 1150. The number of carbonyl (C=O) groups excluding carboxylic acids is 1. The number of aliphatic hydroxyl groups is 5. The van der Waals surface area contributed by atoms with E-state index in [0.29, 0.717) is 12.8 Å². The van der Waals surface area contributed by atoms with Gasteiger partial charge < -0.3 is 40.3 Å². The first-order valence-corrected chi connectivity index (χ1v) is 30.5. The Morgan fingerprint density at radius 3 is 1.23 bits per heavy atom. The number of hydrogen-bond acceptors (Lipinski definition) is 8. The third-order valence-corrected chi connectivity index (χ3v) is 14.8. The number of carbonyl (C=O) groups is 1. The van der Waals surface area contributed by atoms with Crippen molar-refractivity contribution in [1.29, 1.82) is 0 Å². The third kappa shape index (κ3) is 40.1. The predicted octanol–water partition coefficient (Wildman–Crippen LogP) is 15.4. The number of rotatable bonds is 53. The lowest BCUT2D eigenvalue weighted by Gasteiger charge is -2.40. The van der Waals surface area contributed by atoms with Crippen molar-refractivity contribution in [3.05, 3.63) is 24.3 Å². The van der Waals surface area contributed by atoms with Gasteiger partial charge in [0.1, 0.15) is 24.4 Å². The molecule has 1 aliphatic heterocycles. The molecule has 0 aliphatic carbocycles. The van der Waals surface area contributed by atoms with Crippen LogP contribution in [0.1, 0.15) is 303 Å². The van der Waals surface area contributed by atoms with Crippen LogP contribution in [-0.4, -0.2) is 87.5 Å². The van der Waals surface area contributed by atoms with Crippen LogP contribution < -0.4 is 5.32 Å². The lowest BCUT2D eigenvalue weighted by molar-refractivity contribution is -0.302. The third-order valence-electron chi connectivity index (χ3n) is 14.8. The number of aliphatic hydroxyl groups excluding tert-OH is 5. The largest absolute Gasteiger partial charge is 0.394 e. The number of hydrogen-bond donors (Lipinski definition) is 6. The molecule has 0 aromatic rings. The molecule has 9 nitrogen and oxygen atoms in total. The molecule has 7 unspecified atom stereocenters. The van der Waals surface area contributed by atoms with Crippen LogP contribution in [0.4, 0.5) is 0 Å². The van der Waals surface area contributed by atoms with Gasteiger partial charge in [-0.2, -0.15) is 0 Å². The van der Waals surface area contributed by atoms with Gasteiger partial charge in [-0.05, 0) is 44.9 Å². The van der Waals surface area contributed by atoms with Crippen LogP contribution in [0.3, 0.4) is 0 Å². The van der Waals surface area contributed by atoms with E-state index < -0.39 is 49.5 Å². The summed E-state index contributed by atoms with van der Waals surface area (Å²) in [4.78, 5) is 13.1. The quantitative estimate of drug-likeness (QED) is 0.0261. The van der Waals surface area contributed by atoms with Crippen LogP contribution in [-0.2, 0) is 14.3 Å². The summed E-state index contributed by atoms with van der Waals surface area (Å²) in [6, 6.07) is -0.715. The van der Waals surface area contributed by atoms with Gasteiger partial charge >= 0.3 is 0 Å². The normalized spacial score (nSPS) is 19.4. The SMILES string of the molecule is CCCCCCC/C=C\C/C=C\CCCCCCCCCCCCCCCCCCCCCCCCCC(=O)NC(COC1OC(CO)C(O)C(O)C1O)C(O)CCCCCCCCCCCCCC. The summed E-state index contributed by atoms with van der Waals surface area (Å²) in [7, 11) is 0. The molecule has 1 fully saturated rings. The summed E-state index contributed by atoms with van der Waals surface area (Å²) >= 11 is 0. The van der Waals surface area contributed by atoms with Crippen LogP contribution in [0.15, 0.2) is 24.3 Å². The molecule has 1 saturated heterocycles. The molecule has 0 radical (unpaired) electrons. The second-order valence-electron chi connectivity index (χ2n) is 21.5. The average molecular weight is 993 g/mol. The summed E-state index contributed by atoms with van der Waals surface area (Å²) < 4.78 is 11.3. The summed E-state index contributed by atoms with van der Waals surface area (Å²) in [5.41, 5.74) is 0. The van der Waals surface area contributed by atoms with E-state index in [-0.39, 0.29) is 12.5 Å². The molecule has 0 saturated carbocycles. The van der Waals surface area contributed by atoms with Crippen LogP contribution in [0.5, 0.6) is 0 Å². The van der Waals surface area contributed by atoms with Gasteiger partial charge in [0.05, 0.1) is 25.4 Å². The van der Waals surface area contributed by atoms with Crippen molar-refractivity contribution >= 4 is 5.91 Å². The van der Waals surface area contributed by atoms with Crippen molar-refractivity contribution in [2.45, 2.75) is 346 Å². The van der Waals surface area contributed by atoms with Gasteiger partial charge in [-0.25, -0.2) is 0 Å². The molecule has 0 bridgehead atoms. The summed E-state index contributed by atoms with van der Waals surface area (Å²) in [6.45, 7) is 3.84. The zero-order valence-corrected chi connectivity index (χ0v) is 46.0. The fourth-order valence-corrected chi connectivity index (χ4v) is 9.96. The molecule has 7 atom stereocenters. The van der Waals surface area contributed by atoms with Gasteiger partial charge in [0.2, 0.25) is 5.91 Å². The highest BCUT2D eigenvalue weighted by Crippen LogP contribution is 2.23. The van der Waals surface area contributed by atoms with E-state index >= 15 is 0 Å². The van der Waals surface area contributed by atoms with Gasteiger partial charge in [0.15, 0.2) is 6.29 Å². The van der Waals surface area contributed by atoms with E-state index in [0.717, 1.165) is 44.9 Å². The number of allylic oxidation sites excluding steroid dienone is 4. The van der Waals surface area contributed by atoms with Crippen molar-refractivity contribution in [2.75, 3.05) is 13.2 Å². The molecule has 1 aliphatic rings. The fourth-order valence-electron chi connectivity index (χ4n) is 9.96. The Morgan fingerprint density at radius 1 is 0.486 bits per heavy atom. The Labute approximate surface area is 432 Å². The van der Waals surface area contributed by atoms with Crippen molar-refractivity contribution in [2.24, 2.45) is 0 Å². The summed E-state index contributed by atoms with van der Waals surface area (Å²) in [5.74, 6) is -0.139. The molecular formula is C61H117NO8. The molecular weight excluding hydrogens is 875 g/mol. The summed E-state index contributed by atoms with van der Waals surface area (Å²) in [6.07, 6.45) is 58.1. The Balaban J connectivity index is 2.04. The smallest absolute Gasteiger partial charge is 0.220 e. The van der Waals surface area contributed by atoms with Crippen molar-refractivity contribution in [1.82, 2.24) is 5.32 Å². The number of nitrogens with one attached hydrogen (secondary N) is 1. The molecule has 1 rings (SSSR count). The molecule has 0 aromatic carbocycles. The van der Waals surface area contributed by atoms with Gasteiger partial charge in [0.25, 0.3) is 0 Å². The van der Waals surface area contributed by atoms with E-state index in [1.165, 1.54) is 231 Å². The van der Waals surface area contributed by atoms with E-state index in [4.69, 9.17) is 9.47 Å². The zero-order valence-electron chi connectivity index (χ0n) is 46.0. The first-order valence-electron chi connectivity index (χ1n) is 30.5. The van der Waals surface area contributed by atoms with Crippen molar-refractivity contribution in [3.8, 4) is 0 Å². The highest BCUT2D eigenvalue weighted by atomic mass is 16.7. The molecule has 9 heteroatoms. The van der Waals surface area contributed by atoms with Gasteiger partial charge in [-0.3, -0.25) is 4.79 Å². The molecule has 1 amide bonds. The molecule has 70 heavy (non-hydrogen) atoms. The first kappa shape index (κ1) is 66.7. The van der Waals surface area contributed by atoms with Crippen molar-refractivity contribution < 1.29 is 39.8 Å². The van der Waals surface area contributed by atoms with E-state index in [9.17, 15) is 30.3 Å². The number of amides is 1. The Hall–Kier alpha value is -1.33. The molecule has 0 spiro atoms. The minimum atomic E-state index is -1.55. The van der Waals surface area contributed by atoms with Crippen LogP contribution in [0, 0.1) is 0 Å². The predicted molar refractivity (Wildman–Crippen MR) is 295 cm³/mol. The maximum Gasteiger partial charge on any atom is 0.220 e. The standard InChI is InChI=1S/C61H117NO8/c1-3-5-7-9-11-13-15-17-18-19-20-21-22-23-24-25-26-27-28-29-30-31-32-33-34-35-36-37-38-39-41-43-45-47-49-51-57(65)62-54(53-69-61-60(68)59(67)58(66)56(52-63)70-61)55(64)50-48-46-44-42-40-16-14-12-10-8-6-4-2/h15,17,19-20,54-56,58-61,63-64,66-68H,3-14,16,18,21-53H2,1-2H3,(H,62,65)/b17-15-,20-19-. The maximum atomic E-state index is 13.1. The van der Waals surface area contributed by atoms with Crippen LogP contribution in [0.25, 0.3) is 0 Å². The second kappa shape index (κ2) is 51.2. The number of ether oxygens (including phenoxy) is 2. The van der Waals surface area contributed by atoms with Crippen molar-refractivity contribution in [3.63, 3.8) is 0 Å². The summed E-state index contributed by atoms with van der Waals surface area (Å²) in [5, 5.41) is 54.6. The highest BCUT2D eigenvalue weighted by Gasteiger charge is 2.44. The van der Waals surface area contributed by atoms with Gasteiger partial charge in [0, 0.05) is 6.42 Å². The maximum absolute atomic E-state index is 13.1. The molecule has 414 valence electrons. The van der Waals surface area contributed by atoms with Crippen LogP contribution >= 0.6 is 0 Å². The van der Waals surface area contributed by atoms with Gasteiger partial charge in [-0.15, -0.1) is 0 Å². The monoisotopic (exact) mass is 992 g/mol. The average Bonchev–Trinajstić information content (AvgIpc) is 3.36. The minimum Gasteiger partial charge on any atom is -0.394 e. The Kier molecular flexibility index (Phi) is 48.7. The highest BCUT2D eigenvalue weighted by molar-refractivity contribution is 5.76. The van der Waals surface area contributed by atoms with Crippen LogP contribution in [0.2, 0.25) is 0 Å². The van der Waals surface area contributed by atoms with Gasteiger partial charge in [-0.1, -0.05) is 276 Å². The lowest BCUT2D eigenvalue weighted by atomic mass is 9.99.